The first-order valence-corrected chi connectivity index (χ1v) is 7.87. The number of hydrogen-bond acceptors (Lipinski definition) is 6. The normalized spacial score (nSPS) is 22.7. The number of nitrogens with one attached hydrogen (secondary N) is 1. The summed E-state index contributed by atoms with van der Waals surface area (Å²) in [6, 6.07) is 2.56. The van der Waals surface area contributed by atoms with Crippen LogP contribution in [0.5, 0.6) is 0 Å². The number of halogens is 1. The fourth-order valence-electron chi connectivity index (χ4n) is 2.17. The topological polar surface area (TPSA) is 113 Å². The highest BCUT2D eigenvalue weighted by Crippen LogP contribution is 2.29. The van der Waals surface area contributed by atoms with Crippen molar-refractivity contribution in [1.29, 1.82) is 0 Å². The molecular weight excluding hydrogens is 322 g/mol. The van der Waals surface area contributed by atoms with Crippen molar-refractivity contribution in [2.45, 2.75) is 17.0 Å². The summed E-state index contributed by atoms with van der Waals surface area (Å²) in [6.45, 7) is 0.625. The van der Waals surface area contributed by atoms with Crippen molar-refractivity contribution in [3.63, 3.8) is 0 Å². The number of likely N-dealkylation sites (N-methyl/N-ethyl adjacent to an activating group) is 1. The van der Waals surface area contributed by atoms with Crippen LogP contribution >= 0.6 is 11.6 Å². The number of non-ortho nitro benzene ring substituents is 1. The van der Waals surface area contributed by atoms with Crippen LogP contribution in [0.2, 0.25) is 5.02 Å². The molecule has 21 heavy (non-hydrogen) atoms. The predicted molar refractivity (Wildman–Crippen MR) is 75.7 cm³/mol. The minimum atomic E-state index is -3.95. The molecule has 1 saturated heterocycles. The van der Waals surface area contributed by atoms with E-state index in [1.807, 2.05) is 0 Å². The Bertz CT molecular complexity index is 666. The zero-order chi connectivity index (χ0) is 15.8. The number of nitro groups is 1. The van der Waals surface area contributed by atoms with E-state index in [0.29, 0.717) is 13.1 Å². The second-order valence-corrected chi connectivity index (χ2v) is 7.06. The van der Waals surface area contributed by atoms with Crippen LogP contribution in [0.15, 0.2) is 23.1 Å². The molecule has 2 atom stereocenters. The van der Waals surface area contributed by atoms with Gasteiger partial charge in [-0.15, -0.1) is 0 Å². The molecule has 1 aromatic carbocycles. The lowest BCUT2D eigenvalue weighted by molar-refractivity contribution is -0.384. The van der Waals surface area contributed by atoms with E-state index in [4.69, 9.17) is 11.6 Å². The van der Waals surface area contributed by atoms with Gasteiger partial charge < -0.3 is 10.4 Å². The van der Waals surface area contributed by atoms with E-state index in [1.54, 1.807) is 0 Å². The lowest BCUT2D eigenvalue weighted by Crippen LogP contribution is -2.44. The van der Waals surface area contributed by atoms with Gasteiger partial charge in [0.2, 0.25) is 10.0 Å². The third kappa shape index (κ3) is 3.01. The molecule has 10 heteroatoms. The van der Waals surface area contributed by atoms with Gasteiger partial charge in [-0.1, -0.05) is 11.6 Å². The van der Waals surface area contributed by atoms with Gasteiger partial charge in [0.15, 0.2) is 0 Å². The third-order valence-corrected chi connectivity index (χ3v) is 5.77. The number of nitrogens with zero attached hydrogens (tertiary/aromatic N) is 2. The number of benzene rings is 1. The van der Waals surface area contributed by atoms with E-state index >= 15 is 0 Å². The van der Waals surface area contributed by atoms with E-state index < -0.39 is 27.1 Å². The summed E-state index contributed by atoms with van der Waals surface area (Å²) in [4.78, 5) is 9.76. The molecule has 1 aromatic rings. The lowest BCUT2D eigenvalue weighted by atomic mass is 10.2. The molecular formula is C11H14ClN3O5S. The fourth-order valence-corrected chi connectivity index (χ4v) is 4.06. The van der Waals surface area contributed by atoms with Crippen LogP contribution in [0.25, 0.3) is 0 Å². The van der Waals surface area contributed by atoms with Crippen molar-refractivity contribution in [3.8, 4) is 0 Å². The van der Waals surface area contributed by atoms with Crippen molar-refractivity contribution in [1.82, 2.24) is 9.62 Å². The average molecular weight is 336 g/mol. The Morgan fingerprint density at radius 3 is 2.62 bits per heavy atom. The van der Waals surface area contributed by atoms with Crippen molar-refractivity contribution in [2.75, 3.05) is 20.1 Å². The highest BCUT2D eigenvalue weighted by Gasteiger charge is 2.36. The summed E-state index contributed by atoms with van der Waals surface area (Å²) in [5, 5.41) is 23.1. The number of nitro benzene ring substituents is 1. The number of aliphatic hydroxyl groups excluding tert-OH is 1. The SMILES string of the molecule is CN([C@H]1CNC[C@@H]1O)S(=O)(=O)c1ccc([N+](=O)[O-])cc1Cl. The molecule has 0 radical (unpaired) electrons. The van der Waals surface area contributed by atoms with Gasteiger partial charge in [0.1, 0.15) is 4.90 Å². The minimum absolute atomic E-state index is 0.225. The molecule has 116 valence electrons. The number of aliphatic hydroxyl groups is 1. The first kappa shape index (κ1) is 16.1. The van der Waals surface area contributed by atoms with Crippen LogP contribution in [0.4, 0.5) is 5.69 Å². The maximum Gasteiger partial charge on any atom is 0.271 e. The van der Waals surface area contributed by atoms with E-state index in [1.165, 1.54) is 7.05 Å². The number of hydrogen-bond donors (Lipinski definition) is 2. The smallest absolute Gasteiger partial charge is 0.271 e. The Morgan fingerprint density at radius 2 is 2.14 bits per heavy atom. The molecule has 0 saturated carbocycles. The molecule has 1 fully saturated rings. The van der Waals surface area contributed by atoms with Gasteiger partial charge in [0, 0.05) is 32.3 Å². The van der Waals surface area contributed by atoms with Crippen LogP contribution < -0.4 is 5.32 Å². The molecule has 0 aromatic heterocycles. The van der Waals surface area contributed by atoms with Crippen molar-refractivity contribution in [3.05, 3.63) is 33.3 Å². The summed E-state index contributed by atoms with van der Waals surface area (Å²) in [5.41, 5.74) is -0.288. The Hall–Kier alpha value is -1.26. The standard InChI is InChI=1S/C11H14ClN3O5S/c1-14(9-5-13-6-10(9)16)21(19,20)11-3-2-7(15(17)18)4-8(11)12/h2-4,9-10,13,16H,5-6H2,1H3/t9-,10-/m0/s1. The molecule has 2 N–H and O–H groups in total. The number of rotatable bonds is 4. The second kappa shape index (κ2) is 5.85. The van der Waals surface area contributed by atoms with Gasteiger partial charge in [0.05, 0.1) is 22.1 Å². The summed E-state index contributed by atoms with van der Waals surface area (Å²) in [7, 11) is -2.61. The lowest BCUT2D eigenvalue weighted by Gasteiger charge is -2.25. The van der Waals surface area contributed by atoms with Crippen molar-refractivity contribution in [2.24, 2.45) is 0 Å². The van der Waals surface area contributed by atoms with Crippen LogP contribution in [-0.2, 0) is 10.0 Å². The molecule has 1 heterocycles. The number of sulfonamides is 1. The molecule has 0 spiro atoms. The molecule has 0 bridgehead atoms. The molecule has 1 aliphatic heterocycles. The summed E-state index contributed by atoms with van der Waals surface area (Å²) in [6.07, 6.45) is -0.818. The van der Waals surface area contributed by atoms with Crippen LogP contribution in [0.1, 0.15) is 0 Å². The Balaban J connectivity index is 2.37. The highest BCUT2D eigenvalue weighted by atomic mass is 35.5. The molecule has 2 rings (SSSR count). The Morgan fingerprint density at radius 1 is 1.48 bits per heavy atom. The first-order chi connectivity index (χ1) is 9.75. The van der Waals surface area contributed by atoms with Gasteiger partial charge in [-0.3, -0.25) is 10.1 Å². The fraction of sp³-hybridized carbons (Fsp3) is 0.455. The molecule has 1 aliphatic rings. The van der Waals surface area contributed by atoms with E-state index in [9.17, 15) is 23.6 Å². The Labute approximate surface area is 126 Å². The van der Waals surface area contributed by atoms with E-state index in [2.05, 4.69) is 5.32 Å². The van der Waals surface area contributed by atoms with Gasteiger partial charge >= 0.3 is 0 Å². The Kier molecular flexibility index (Phi) is 4.49. The molecule has 0 amide bonds. The molecule has 0 unspecified atom stereocenters. The summed E-state index contributed by atoms with van der Waals surface area (Å²) in [5.74, 6) is 0. The largest absolute Gasteiger partial charge is 0.390 e. The van der Waals surface area contributed by atoms with Crippen molar-refractivity contribution >= 4 is 27.3 Å². The first-order valence-electron chi connectivity index (χ1n) is 6.06. The average Bonchev–Trinajstić information content (AvgIpc) is 2.83. The summed E-state index contributed by atoms with van der Waals surface area (Å²) < 4.78 is 26.0. The zero-order valence-corrected chi connectivity index (χ0v) is 12.6. The predicted octanol–water partition coefficient (Wildman–Crippen LogP) is 0.201. The van der Waals surface area contributed by atoms with E-state index in [0.717, 1.165) is 22.5 Å². The molecule has 8 nitrogen and oxygen atoms in total. The van der Waals surface area contributed by atoms with Crippen LogP contribution in [0, 0.1) is 10.1 Å². The maximum atomic E-state index is 12.5. The summed E-state index contributed by atoms with van der Waals surface area (Å²) >= 11 is 5.86. The number of β-amino-alcohol motifs (C(OH)–C–C–N with tert-alkyl or cyclic N) is 1. The highest BCUT2D eigenvalue weighted by molar-refractivity contribution is 7.89. The van der Waals surface area contributed by atoms with E-state index in [-0.39, 0.29) is 15.6 Å². The second-order valence-electron chi connectivity index (χ2n) is 4.69. The van der Waals surface area contributed by atoms with Crippen LogP contribution in [-0.4, -0.2) is 55.0 Å². The van der Waals surface area contributed by atoms with Gasteiger partial charge in [0.25, 0.3) is 5.69 Å². The van der Waals surface area contributed by atoms with Gasteiger partial charge in [-0.25, -0.2) is 8.42 Å². The van der Waals surface area contributed by atoms with Crippen LogP contribution in [0.3, 0.4) is 0 Å². The minimum Gasteiger partial charge on any atom is -0.390 e. The zero-order valence-electron chi connectivity index (χ0n) is 11.1. The monoisotopic (exact) mass is 335 g/mol. The maximum absolute atomic E-state index is 12.5. The van der Waals surface area contributed by atoms with Gasteiger partial charge in [-0.05, 0) is 6.07 Å². The third-order valence-electron chi connectivity index (χ3n) is 3.40. The van der Waals surface area contributed by atoms with Crippen molar-refractivity contribution < 1.29 is 18.4 Å². The van der Waals surface area contributed by atoms with Gasteiger partial charge in [-0.2, -0.15) is 4.31 Å². The molecule has 0 aliphatic carbocycles. The quantitative estimate of drug-likeness (QED) is 0.600.